The lowest BCUT2D eigenvalue weighted by Gasteiger charge is -2.00. The lowest BCUT2D eigenvalue weighted by Crippen LogP contribution is -1.91. The van der Waals surface area contributed by atoms with Crippen LogP contribution in [-0.2, 0) is 0 Å². The molecule has 0 atom stereocenters. The predicted molar refractivity (Wildman–Crippen MR) is 76.4 cm³/mol. The molecule has 20 heavy (non-hydrogen) atoms. The molecule has 0 unspecified atom stereocenters. The van der Waals surface area contributed by atoms with Crippen molar-refractivity contribution in [1.82, 2.24) is 0 Å². The van der Waals surface area contributed by atoms with Crippen LogP contribution >= 0.6 is 0 Å². The van der Waals surface area contributed by atoms with Crippen molar-refractivity contribution >= 4 is 17.6 Å². The Morgan fingerprint density at radius 3 is 2.75 bits per heavy atom. The molecule has 0 fully saturated rings. The molecule has 0 aliphatic carbocycles. The van der Waals surface area contributed by atoms with Crippen LogP contribution < -0.4 is 0 Å². The molecule has 0 bridgehead atoms. The number of phenols is 1. The number of phenolic OH excluding ortho intramolecular Hbond substituents is 1. The second-order valence-electron chi connectivity index (χ2n) is 3.92. The maximum atomic E-state index is 10.7. The zero-order chi connectivity index (χ0) is 14.5. The van der Waals surface area contributed by atoms with E-state index in [9.17, 15) is 15.2 Å². The normalized spacial score (nSPS) is 10.3. The van der Waals surface area contributed by atoms with Gasteiger partial charge in [-0.1, -0.05) is 18.1 Å². The van der Waals surface area contributed by atoms with Crippen molar-refractivity contribution in [2.45, 2.75) is 0 Å². The minimum atomic E-state index is -0.647. The van der Waals surface area contributed by atoms with Crippen molar-refractivity contribution in [2.75, 3.05) is 0 Å². The van der Waals surface area contributed by atoms with Crippen LogP contribution in [-0.4, -0.2) is 16.2 Å². The molecule has 2 aromatic rings. The van der Waals surface area contributed by atoms with Gasteiger partial charge in [-0.2, -0.15) is 0 Å². The molecule has 1 N–H and O–H groups in total. The molecule has 5 heteroatoms. The van der Waals surface area contributed by atoms with Crippen molar-refractivity contribution in [3.63, 3.8) is 0 Å². The quantitative estimate of drug-likeness (QED) is 0.401. The average molecular weight is 266 g/mol. The van der Waals surface area contributed by atoms with Gasteiger partial charge in [0.05, 0.1) is 10.6 Å². The minimum absolute atomic E-state index is 0.269. The van der Waals surface area contributed by atoms with Crippen LogP contribution in [0.15, 0.2) is 47.5 Å². The van der Waals surface area contributed by atoms with Gasteiger partial charge in [0.25, 0.3) is 0 Å². The van der Waals surface area contributed by atoms with Crippen molar-refractivity contribution < 1.29 is 10.0 Å². The number of nitro groups is 1. The molecule has 0 saturated heterocycles. The molecular formula is C15H10N2O3. The van der Waals surface area contributed by atoms with Gasteiger partial charge in [-0.05, 0) is 24.3 Å². The van der Waals surface area contributed by atoms with Crippen LogP contribution in [0.2, 0.25) is 0 Å². The van der Waals surface area contributed by atoms with Crippen molar-refractivity contribution in [3.05, 3.63) is 63.7 Å². The van der Waals surface area contributed by atoms with Gasteiger partial charge in [-0.25, -0.2) is 0 Å². The Balaban J connectivity index is 2.34. The first-order valence-electron chi connectivity index (χ1n) is 5.69. The first kappa shape index (κ1) is 13.3. The van der Waals surface area contributed by atoms with Gasteiger partial charge in [0.15, 0.2) is 0 Å². The first-order valence-corrected chi connectivity index (χ1v) is 5.69. The molecule has 2 rings (SSSR count). The summed E-state index contributed by atoms with van der Waals surface area (Å²) >= 11 is 0. The highest BCUT2D eigenvalue weighted by atomic mass is 16.6. The number of terminal acetylenes is 1. The number of aliphatic imine (C=N–C) groups is 1. The Kier molecular flexibility index (Phi) is 3.77. The number of aromatic hydroxyl groups is 1. The SMILES string of the molecule is C#Cc1cccc(/N=C/c2cccc([N+](=O)[O-])c2O)c1. The van der Waals surface area contributed by atoms with Gasteiger partial charge in [0, 0.05) is 23.4 Å². The molecule has 5 nitrogen and oxygen atoms in total. The van der Waals surface area contributed by atoms with Gasteiger partial charge in [0.2, 0.25) is 5.75 Å². The maximum absolute atomic E-state index is 10.7. The summed E-state index contributed by atoms with van der Waals surface area (Å²) in [4.78, 5) is 14.2. The first-order chi connectivity index (χ1) is 9.61. The largest absolute Gasteiger partial charge is 0.502 e. The molecule has 2 aromatic carbocycles. The topological polar surface area (TPSA) is 75.7 Å². The van der Waals surface area contributed by atoms with Gasteiger partial charge < -0.3 is 5.11 Å². The summed E-state index contributed by atoms with van der Waals surface area (Å²) in [6.45, 7) is 0. The lowest BCUT2D eigenvalue weighted by atomic mass is 10.2. The Morgan fingerprint density at radius 1 is 1.30 bits per heavy atom. The van der Waals surface area contributed by atoms with Crippen molar-refractivity contribution in [3.8, 4) is 18.1 Å². The predicted octanol–water partition coefficient (Wildman–Crippen LogP) is 3.03. The molecule has 0 saturated carbocycles. The summed E-state index contributed by atoms with van der Waals surface area (Å²) in [6, 6.07) is 11.2. The average Bonchev–Trinajstić information content (AvgIpc) is 2.46. The van der Waals surface area contributed by atoms with Crippen molar-refractivity contribution in [2.24, 2.45) is 4.99 Å². The fourth-order valence-corrected chi connectivity index (χ4v) is 1.62. The third kappa shape index (κ3) is 2.82. The zero-order valence-corrected chi connectivity index (χ0v) is 10.4. The standard InChI is InChI=1S/C15H10N2O3/c1-2-11-5-3-7-13(9-11)16-10-12-6-4-8-14(15(12)18)17(19)20/h1,3-10,18H/b16-10+. The molecule has 0 aromatic heterocycles. The Hall–Kier alpha value is -3.13. The number of hydrogen-bond donors (Lipinski definition) is 1. The van der Waals surface area contributed by atoms with E-state index in [2.05, 4.69) is 10.9 Å². The minimum Gasteiger partial charge on any atom is -0.502 e. The van der Waals surface area contributed by atoms with E-state index in [4.69, 9.17) is 6.42 Å². The summed E-state index contributed by atoms with van der Waals surface area (Å²) in [5, 5.41) is 20.5. The fourth-order valence-electron chi connectivity index (χ4n) is 1.62. The monoisotopic (exact) mass is 266 g/mol. The number of hydrogen-bond acceptors (Lipinski definition) is 4. The number of nitro benzene ring substituents is 1. The van der Waals surface area contributed by atoms with Crippen LogP contribution in [0.1, 0.15) is 11.1 Å². The highest BCUT2D eigenvalue weighted by Gasteiger charge is 2.14. The molecule has 0 heterocycles. The molecular weight excluding hydrogens is 256 g/mol. The summed E-state index contributed by atoms with van der Waals surface area (Å²) < 4.78 is 0. The van der Waals surface area contributed by atoms with E-state index in [-0.39, 0.29) is 11.3 Å². The number of rotatable bonds is 3. The highest BCUT2D eigenvalue weighted by molar-refractivity contribution is 5.87. The van der Waals surface area contributed by atoms with Crippen LogP contribution in [0.5, 0.6) is 5.75 Å². The number of benzene rings is 2. The van der Waals surface area contributed by atoms with E-state index in [1.807, 2.05) is 0 Å². The fraction of sp³-hybridized carbons (Fsp3) is 0. The Morgan fingerprint density at radius 2 is 2.05 bits per heavy atom. The van der Waals surface area contributed by atoms with E-state index in [0.29, 0.717) is 11.3 Å². The van der Waals surface area contributed by atoms with Gasteiger partial charge >= 0.3 is 5.69 Å². The smallest absolute Gasteiger partial charge is 0.311 e. The summed E-state index contributed by atoms with van der Waals surface area (Å²) in [5.41, 5.74) is 1.20. The number of para-hydroxylation sites is 1. The van der Waals surface area contributed by atoms with Crippen LogP contribution in [0.25, 0.3) is 0 Å². The molecule has 98 valence electrons. The number of nitrogens with zero attached hydrogens (tertiary/aromatic N) is 2. The van der Waals surface area contributed by atoms with E-state index in [1.165, 1.54) is 24.4 Å². The lowest BCUT2D eigenvalue weighted by molar-refractivity contribution is -0.385. The Labute approximate surface area is 115 Å². The van der Waals surface area contributed by atoms with Crippen LogP contribution in [0.4, 0.5) is 11.4 Å². The Bertz CT molecular complexity index is 730. The molecule has 0 radical (unpaired) electrons. The summed E-state index contributed by atoms with van der Waals surface area (Å²) in [6.07, 6.45) is 6.65. The van der Waals surface area contributed by atoms with Gasteiger partial charge in [0.1, 0.15) is 0 Å². The van der Waals surface area contributed by atoms with E-state index < -0.39 is 10.7 Å². The molecule has 0 aliphatic heterocycles. The third-order valence-corrected chi connectivity index (χ3v) is 2.61. The molecule has 0 amide bonds. The van der Waals surface area contributed by atoms with E-state index >= 15 is 0 Å². The van der Waals surface area contributed by atoms with Crippen LogP contribution in [0, 0.1) is 22.5 Å². The van der Waals surface area contributed by atoms with Crippen molar-refractivity contribution in [1.29, 1.82) is 0 Å². The molecule has 0 spiro atoms. The maximum Gasteiger partial charge on any atom is 0.311 e. The third-order valence-electron chi connectivity index (χ3n) is 2.61. The van der Waals surface area contributed by atoms with E-state index in [1.54, 1.807) is 24.3 Å². The summed E-state index contributed by atoms with van der Waals surface area (Å²) in [5.74, 6) is 2.08. The van der Waals surface area contributed by atoms with Crippen LogP contribution in [0.3, 0.4) is 0 Å². The van der Waals surface area contributed by atoms with Gasteiger partial charge in [-0.15, -0.1) is 6.42 Å². The molecule has 0 aliphatic rings. The second kappa shape index (κ2) is 5.67. The highest BCUT2D eigenvalue weighted by Crippen LogP contribution is 2.28. The van der Waals surface area contributed by atoms with E-state index in [0.717, 1.165) is 0 Å². The second-order valence-corrected chi connectivity index (χ2v) is 3.92. The zero-order valence-electron chi connectivity index (χ0n) is 10.4. The van der Waals surface area contributed by atoms with Gasteiger partial charge in [-0.3, -0.25) is 15.1 Å². The summed E-state index contributed by atoms with van der Waals surface area (Å²) in [7, 11) is 0.